The van der Waals surface area contributed by atoms with E-state index < -0.39 is 6.10 Å². The average molecular weight is 364 g/mol. The van der Waals surface area contributed by atoms with Crippen molar-refractivity contribution in [1.29, 1.82) is 0 Å². The van der Waals surface area contributed by atoms with Crippen LogP contribution in [0.15, 0.2) is 6.07 Å². The molecular formula is C18H28N4O4. The van der Waals surface area contributed by atoms with E-state index in [0.717, 1.165) is 12.1 Å². The third-order valence-electron chi connectivity index (χ3n) is 5.04. The fraction of sp³-hybridized carbons (Fsp3) is 0.722. The van der Waals surface area contributed by atoms with Gasteiger partial charge < -0.3 is 19.7 Å². The summed E-state index contributed by atoms with van der Waals surface area (Å²) in [6.45, 7) is 8.02. The van der Waals surface area contributed by atoms with E-state index in [1.54, 1.807) is 6.07 Å². The van der Waals surface area contributed by atoms with E-state index in [1.165, 1.54) is 0 Å². The largest absolute Gasteiger partial charge is 0.376 e. The van der Waals surface area contributed by atoms with Gasteiger partial charge in [-0.15, -0.1) is 0 Å². The van der Waals surface area contributed by atoms with Crippen molar-refractivity contribution in [1.82, 2.24) is 20.4 Å². The fourth-order valence-corrected chi connectivity index (χ4v) is 3.45. The molecule has 1 unspecified atom stereocenters. The molecule has 2 N–H and O–H groups in total. The van der Waals surface area contributed by atoms with Crippen molar-refractivity contribution in [3.63, 3.8) is 0 Å². The zero-order chi connectivity index (χ0) is 18.7. The van der Waals surface area contributed by atoms with Gasteiger partial charge in [0.15, 0.2) is 6.10 Å². The SMILES string of the molecule is CC(C)c1cc(C(=O)N[C@@H]2CCN(C(=O)C3COCCO3)[C@@H](C)C2)n[nH]1. The van der Waals surface area contributed by atoms with Crippen LogP contribution in [0.3, 0.4) is 0 Å². The molecule has 3 rings (SSSR count). The Hall–Kier alpha value is -1.93. The Morgan fingerprint density at radius 2 is 2.19 bits per heavy atom. The number of hydrogen-bond acceptors (Lipinski definition) is 5. The van der Waals surface area contributed by atoms with Crippen LogP contribution in [-0.2, 0) is 14.3 Å². The first-order valence-electron chi connectivity index (χ1n) is 9.31. The Morgan fingerprint density at radius 3 is 2.81 bits per heavy atom. The summed E-state index contributed by atoms with van der Waals surface area (Å²) in [4.78, 5) is 26.8. The van der Waals surface area contributed by atoms with Crippen molar-refractivity contribution in [2.75, 3.05) is 26.4 Å². The number of aromatic amines is 1. The maximum absolute atomic E-state index is 12.6. The summed E-state index contributed by atoms with van der Waals surface area (Å²) in [5.41, 5.74) is 1.35. The van der Waals surface area contributed by atoms with Crippen LogP contribution in [0.4, 0.5) is 0 Å². The third kappa shape index (κ3) is 4.24. The molecule has 3 heterocycles. The van der Waals surface area contributed by atoms with E-state index in [2.05, 4.69) is 15.5 Å². The molecule has 1 aromatic heterocycles. The Bertz CT molecular complexity index is 639. The summed E-state index contributed by atoms with van der Waals surface area (Å²) in [7, 11) is 0. The first-order chi connectivity index (χ1) is 12.5. The highest BCUT2D eigenvalue weighted by atomic mass is 16.6. The van der Waals surface area contributed by atoms with Gasteiger partial charge in [-0.2, -0.15) is 5.10 Å². The van der Waals surface area contributed by atoms with Crippen molar-refractivity contribution in [3.8, 4) is 0 Å². The number of amides is 2. The Morgan fingerprint density at radius 1 is 1.38 bits per heavy atom. The number of hydrogen-bond donors (Lipinski definition) is 2. The van der Waals surface area contributed by atoms with Gasteiger partial charge >= 0.3 is 0 Å². The van der Waals surface area contributed by atoms with Crippen molar-refractivity contribution >= 4 is 11.8 Å². The van der Waals surface area contributed by atoms with Gasteiger partial charge in [0.05, 0.1) is 19.8 Å². The molecule has 0 spiro atoms. The molecule has 1 aromatic rings. The molecule has 0 aliphatic carbocycles. The minimum Gasteiger partial charge on any atom is -0.376 e. The lowest BCUT2D eigenvalue weighted by Gasteiger charge is -2.39. The van der Waals surface area contributed by atoms with E-state index in [9.17, 15) is 9.59 Å². The molecule has 8 nitrogen and oxygen atoms in total. The van der Waals surface area contributed by atoms with Gasteiger partial charge in [0.1, 0.15) is 5.69 Å². The number of nitrogens with one attached hydrogen (secondary N) is 2. The maximum atomic E-state index is 12.6. The smallest absolute Gasteiger partial charge is 0.271 e. The molecule has 2 amide bonds. The molecule has 2 aliphatic rings. The van der Waals surface area contributed by atoms with Crippen molar-refractivity contribution in [3.05, 3.63) is 17.5 Å². The second-order valence-corrected chi connectivity index (χ2v) is 7.37. The van der Waals surface area contributed by atoms with Crippen LogP contribution in [-0.4, -0.2) is 71.5 Å². The van der Waals surface area contributed by atoms with Crippen LogP contribution in [0.1, 0.15) is 55.7 Å². The van der Waals surface area contributed by atoms with Crippen LogP contribution < -0.4 is 5.32 Å². The van der Waals surface area contributed by atoms with Crippen LogP contribution in [0.25, 0.3) is 0 Å². The van der Waals surface area contributed by atoms with Crippen LogP contribution in [0.2, 0.25) is 0 Å². The molecule has 0 saturated carbocycles. The van der Waals surface area contributed by atoms with E-state index in [4.69, 9.17) is 9.47 Å². The highest BCUT2D eigenvalue weighted by Gasteiger charge is 2.34. The summed E-state index contributed by atoms with van der Waals surface area (Å²) < 4.78 is 10.8. The monoisotopic (exact) mass is 364 g/mol. The number of ether oxygens (including phenoxy) is 2. The standard InChI is InChI=1S/C18H28N4O4/c1-11(2)14-9-15(21-20-14)17(23)19-13-4-5-22(12(3)8-13)18(24)16-10-25-6-7-26-16/h9,11-13,16H,4-8,10H2,1-3H3,(H,19,23)(H,20,21)/t12-,13+,16?/m0/s1. The number of rotatable bonds is 4. The highest BCUT2D eigenvalue weighted by Crippen LogP contribution is 2.20. The second kappa shape index (κ2) is 8.18. The molecular weight excluding hydrogens is 336 g/mol. The van der Waals surface area contributed by atoms with E-state index in [0.29, 0.717) is 44.4 Å². The van der Waals surface area contributed by atoms with Gasteiger partial charge in [-0.1, -0.05) is 13.8 Å². The maximum Gasteiger partial charge on any atom is 0.271 e. The topological polar surface area (TPSA) is 96.6 Å². The molecule has 2 aliphatic heterocycles. The molecule has 26 heavy (non-hydrogen) atoms. The van der Waals surface area contributed by atoms with Crippen LogP contribution in [0, 0.1) is 0 Å². The lowest BCUT2D eigenvalue weighted by Crippen LogP contribution is -2.55. The van der Waals surface area contributed by atoms with Crippen LogP contribution in [0.5, 0.6) is 0 Å². The first-order valence-corrected chi connectivity index (χ1v) is 9.31. The Balaban J connectivity index is 1.53. The molecule has 2 saturated heterocycles. The zero-order valence-electron chi connectivity index (χ0n) is 15.7. The molecule has 0 radical (unpaired) electrons. The number of nitrogens with zero attached hydrogens (tertiary/aromatic N) is 2. The first kappa shape index (κ1) is 18.8. The second-order valence-electron chi connectivity index (χ2n) is 7.37. The molecule has 0 bridgehead atoms. The normalized spacial score (nSPS) is 26.8. The molecule has 144 valence electrons. The summed E-state index contributed by atoms with van der Waals surface area (Å²) >= 11 is 0. The van der Waals surface area contributed by atoms with Gasteiger partial charge in [-0.25, -0.2) is 0 Å². The van der Waals surface area contributed by atoms with Gasteiger partial charge in [0, 0.05) is 24.3 Å². The van der Waals surface area contributed by atoms with E-state index >= 15 is 0 Å². The summed E-state index contributed by atoms with van der Waals surface area (Å²) in [6, 6.07) is 1.87. The number of carbonyl (C=O) groups is 2. The predicted octanol–water partition coefficient (Wildman–Crippen LogP) is 1.06. The van der Waals surface area contributed by atoms with E-state index in [1.807, 2.05) is 25.7 Å². The number of aromatic nitrogens is 2. The average Bonchev–Trinajstić information content (AvgIpc) is 3.13. The summed E-state index contributed by atoms with van der Waals surface area (Å²) in [5.74, 6) is 0.106. The fourth-order valence-electron chi connectivity index (χ4n) is 3.45. The Labute approximate surface area is 153 Å². The minimum atomic E-state index is -0.504. The van der Waals surface area contributed by atoms with Crippen molar-refractivity contribution < 1.29 is 19.1 Å². The van der Waals surface area contributed by atoms with Crippen molar-refractivity contribution in [2.45, 2.75) is 57.7 Å². The molecule has 2 fully saturated rings. The molecule has 8 heteroatoms. The highest BCUT2D eigenvalue weighted by molar-refractivity contribution is 5.92. The van der Waals surface area contributed by atoms with Gasteiger partial charge in [-0.05, 0) is 31.7 Å². The quantitative estimate of drug-likeness (QED) is 0.833. The predicted molar refractivity (Wildman–Crippen MR) is 94.9 cm³/mol. The lowest BCUT2D eigenvalue weighted by molar-refractivity contribution is -0.161. The molecule has 3 atom stereocenters. The van der Waals surface area contributed by atoms with Gasteiger partial charge in [-0.3, -0.25) is 14.7 Å². The molecule has 0 aromatic carbocycles. The number of carbonyl (C=O) groups excluding carboxylic acids is 2. The van der Waals surface area contributed by atoms with E-state index in [-0.39, 0.29) is 23.9 Å². The summed E-state index contributed by atoms with van der Waals surface area (Å²) in [5, 5.41) is 10.0. The van der Waals surface area contributed by atoms with Crippen LogP contribution >= 0.6 is 0 Å². The van der Waals surface area contributed by atoms with Gasteiger partial charge in [0.2, 0.25) is 0 Å². The van der Waals surface area contributed by atoms with Gasteiger partial charge in [0.25, 0.3) is 11.8 Å². The lowest BCUT2D eigenvalue weighted by atomic mass is 9.97. The number of H-pyrrole nitrogens is 1. The third-order valence-corrected chi connectivity index (χ3v) is 5.04. The zero-order valence-corrected chi connectivity index (χ0v) is 15.7. The number of piperidine rings is 1. The van der Waals surface area contributed by atoms with Crippen molar-refractivity contribution in [2.24, 2.45) is 0 Å². The summed E-state index contributed by atoms with van der Waals surface area (Å²) in [6.07, 6.45) is 0.930. The Kier molecular flexibility index (Phi) is 5.93. The number of likely N-dealkylation sites (tertiary alicyclic amines) is 1. The minimum absolute atomic E-state index is 0.0177.